The van der Waals surface area contributed by atoms with Crippen molar-refractivity contribution in [3.8, 4) is 0 Å². The summed E-state index contributed by atoms with van der Waals surface area (Å²) >= 11 is 0. The van der Waals surface area contributed by atoms with Gasteiger partial charge in [0.2, 0.25) is 11.8 Å². The molecule has 1 saturated carbocycles. The van der Waals surface area contributed by atoms with Gasteiger partial charge in [-0.3, -0.25) is 9.59 Å². The normalized spacial score (nSPS) is 18.5. The highest BCUT2D eigenvalue weighted by Crippen LogP contribution is 2.41. The Hall–Kier alpha value is -2.83. The zero-order chi connectivity index (χ0) is 20.6. The molecule has 1 aliphatic rings. The van der Waals surface area contributed by atoms with E-state index in [0.717, 1.165) is 17.7 Å². The Morgan fingerprint density at radius 1 is 0.857 bits per heavy atom. The lowest BCUT2D eigenvalue weighted by Gasteiger charge is -2.23. The van der Waals surface area contributed by atoms with Gasteiger partial charge in [0.1, 0.15) is 0 Å². The number of carbonyl (C=O) groups is 2. The SMILES string of the molecule is CC(C)(C)c1ccccc1NC(=O)C1CC1C(=O)Nc1ccc(F)c(F)c1F. The van der Waals surface area contributed by atoms with Crippen LogP contribution in [0.15, 0.2) is 36.4 Å². The van der Waals surface area contributed by atoms with Crippen LogP contribution in [0.1, 0.15) is 32.8 Å². The Morgan fingerprint density at radius 2 is 1.43 bits per heavy atom. The molecule has 1 fully saturated rings. The Kier molecular flexibility index (Phi) is 5.19. The largest absolute Gasteiger partial charge is 0.326 e. The smallest absolute Gasteiger partial charge is 0.228 e. The summed E-state index contributed by atoms with van der Waals surface area (Å²) in [6.45, 7) is 6.09. The molecule has 4 nitrogen and oxygen atoms in total. The van der Waals surface area contributed by atoms with Crippen molar-refractivity contribution in [1.29, 1.82) is 0 Å². The highest BCUT2D eigenvalue weighted by Gasteiger charge is 2.48. The molecular formula is C21H21F3N2O2. The number of hydrogen-bond donors (Lipinski definition) is 2. The van der Waals surface area contributed by atoms with Gasteiger partial charge in [0.05, 0.1) is 17.5 Å². The van der Waals surface area contributed by atoms with Crippen LogP contribution in [0, 0.1) is 29.3 Å². The predicted molar refractivity (Wildman–Crippen MR) is 100 cm³/mol. The van der Waals surface area contributed by atoms with Gasteiger partial charge in [-0.1, -0.05) is 39.0 Å². The summed E-state index contributed by atoms with van der Waals surface area (Å²) in [5, 5.41) is 5.08. The molecule has 0 spiro atoms. The molecule has 3 rings (SSSR count). The van der Waals surface area contributed by atoms with E-state index in [0.29, 0.717) is 12.1 Å². The van der Waals surface area contributed by atoms with Crippen LogP contribution in [-0.4, -0.2) is 11.8 Å². The second-order valence-electron chi connectivity index (χ2n) is 7.95. The molecule has 28 heavy (non-hydrogen) atoms. The van der Waals surface area contributed by atoms with Crippen molar-refractivity contribution in [3.05, 3.63) is 59.4 Å². The molecule has 2 atom stereocenters. The fraction of sp³-hybridized carbons (Fsp3) is 0.333. The van der Waals surface area contributed by atoms with E-state index in [4.69, 9.17) is 0 Å². The average Bonchev–Trinajstić information content (AvgIpc) is 3.43. The van der Waals surface area contributed by atoms with Crippen LogP contribution in [0.2, 0.25) is 0 Å². The lowest BCUT2D eigenvalue weighted by molar-refractivity contribution is -0.122. The standard InChI is InChI=1S/C21H21F3N2O2/c1-21(2,3)13-6-4-5-7-15(13)25-19(27)11-10-12(11)20(28)26-16-9-8-14(22)17(23)18(16)24/h4-9,11-12H,10H2,1-3H3,(H,25,27)(H,26,28). The quantitative estimate of drug-likeness (QED) is 0.749. The van der Waals surface area contributed by atoms with Crippen molar-refractivity contribution < 1.29 is 22.8 Å². The van der Waals surface area contributed by atoms with Gasteiger partial charge in [0, 0.05) is 5.69 Å². The topological polar surface area (TPSA) is 58.2 Å². The first-order chi connectivity index (χ1) is 13.1. The van der Waals surface area contributed by atoms with Gasteiger partial charge in [0.25, 0.3) is 0 Å². The van der Waals surface area contributed by atoms with Crippen LogP contribution in [0.4, 0.5) is 24.5 Å². The second kappa shape index (κ2) is 7.30. The number of benzene rings is 2. The number of hydrogen-bond acceptors (Lipinski definition) is 2. The molecule has 2 aromatic rings. The molecule has 0 aliphatic heterocycles. The third-order valence-corrected chi connectivity index (χ3v) is 4.75. The summed E-state index contributed by atoms with van der Waals surface area (Å²) < 4.78 is 39.9. The highest BCUT2D eigenvalue weighted by atomic mass is 19.2. The third-order valence-electron chi connectivity index (χ3n) is 4.75. The van der Waals surface area contributed by atoms with Crippen LogP contribution in [0.5, 0.6) is 0 Å². The lowest BCUT2D eigenvalue weighted by atomic mass is 9.86. The number of anilines is 2. The molecule has 2 aromatic carbocycles. The van der Waals surface area contributed by atoms with E-state index >= 15 is 0 Å². The number of halogens is 3. The van der Waals surface area contributed by atoms with E-state index in [2.05, 4.69) is 10.6 Å². The van der Waals surface area contributed by atoms with Gasteiger partial charge >= 0.3 is 0 Å². The molecule has 0 saturated heterocycles. The molecule has 0 radical (unpaired) electrons. The van der Waals surface area contributed by atoms with Crippen LogP contribution in [-0.2, 0) is 15.0 Å². The first-order valence-corrected chi connectivity index (χ1v) is 8.94. The number of amides is 2. The van der Waals surface area contributed by atoms with E-state index in [1.807, 2.05) is 39.0 Å². The van der Waals surface area contributed by atoms with Crippen LogP contribution in [0.25, 0.3) is 0 Å². The summed E-state index contributed by atoms with van der Waals surface area (Å²) in [6, 6.07) is 9.11. The van der Waals surface area contributed by atoms with Crippen LogP contribution < -0.4 is 10.6 Å². The van der Waals surface area contributed by atoms with Crippen molar-refractivity contribution in [2.24, 2.45) is 11.8 Å². The molecule has 7 heteroatoms. The second-order valence-corrected chi connectivity index (χ2v) is 7.95. The zero-order valence-electron chi connectivity index (χ0n) is 15.8. The molecule has 0 bridgehead atoms. The minimum atomic E-state index is -1.65. The van der Waals surface area contributed by atoms with Gasteiger partial charge in [-0.2, -0.15) is 0 Å². The third kappa shape index (κ3) is 4.03. The van der Waals surface area contributed by atoms with E-state index in [9.17, 15) is 22.8 Å². The predicted octanol–water partition coefficient (Wildman–Crippen LogP) is 4.61. The maximum atomic E-state index is 13.7. The molecular weight excluding hydrogens is 369 g/mol. The summed E-state index contributed by atoms with van der Waals surface area (Å²) in [5.74, 6) is -6.56. The monoisotopic (exact) mass is 390 g/mol. The van der Waals surface area contributed by atoms with Gasteiger partial charge < -0.3 is 10.6 Å². The first-order valence-electron chi connectivity index (χ1n) is 8.94. The maximum Gasteiger partial charge on any atom is 0.228 e. The average molecular weight is 390 g/mol. The Morgan fingerprint density at radius 3 is 2.04 bits per heavy atom. The van der Waals surface area contributed by atoms with Crippen LogP contribution in [0.3, 0.4) is 0 Å². The van der Waals surface area contributed by atoms with Gasteiger partial charge in [0.15, 0.2) is 17.5 Å². The van der Waals surface area contributed by atoms with E-state index < -0.39 is 40.9 Å². The van der Waals surface area contributed by atoms with E-state index in [-0.39, 0.29) is 11.3 Å². The summed E-state index contributed by atoms with van der Waals surface area (Å²) in [4.78, 5) is 24.8. The zero-order valence-corrected chi connectivity index (χ0v) is 15.8. The van der Waals surface area contributed by atoms with Crippen LogP contribution >= 0.6 is 0 Å². The summed E-state index contributed by atoms with van der Waals surface area (Å²) in [5.41, 5.74) is 1.02. The van der Waals surface area contributed by atoms with Gasteiger partial charge in [-0.05, 0) is 35.6 Å². The lowest BCUT2D eigenvalue weighted by Crippen LogP contribution is -2.23. The Balaban J connectivity index is 1.65. The molecule has 148 valence electrons. The summed E-state index contributed by atoms with van der Waals surface area (Å²) in [7, 11) is 0. The summed E-state index contributed by atoms with van der Waals surface area (Å²) in [6.07, 6.45) is 0.306. The molecule has 1 aliphatic carbocycles. The number of carbonyl (C=O) groups excluding carboxylic acids is 2. The van der Waals surface area contributed by atoms with Crippen molar-refractivity contribution >= 4 is 23.2 Å². The maximum absolute atomic E-state index is 13.7. The van der Waals surface area contributed by atoms with E-state index in [1.54, 1.807) is 6.07 Å². The van der Waals surface area contributed by atoms with Crippen molar-refractivity contribution in [2.75, 3.05) is 10.6 Å². The molecule has 2 N–H and O–H groups in total. The Labute approximate surface area is 161 Å². The fourth-order valence-electron chi connectivity index (χ4n) is 3.09. The van der Waals surface area contributed by atoms with Gasteiger partial charge in [-0.25, -0.2) is 13.2 Å². The number of nitrogens with one attached hydrogen (secondary N) is 2. The number of para-hydroxylation sites is 1. The molecule has 0 aromatic heterocycles. The van der Waals surface area contributed by atoms with E-state index in [1.165, 1.54) is 0 Å². The van der Waals surface area contributed by atoms with Crippen molar-refractivity contribution in [1.82, 2.24) is 0 Å². The molecule has 0 heterocycles. The van der Waals surface area contributed by atoms with Gasteiger partial charge in [-0.15, -0.1) is 0 Å². The first kappa shape index (κ1) is 19.9. The Bertz CT molecular complexity index is 938. The molecule has 2 unspecified atom stereocenters. The minimum Gasteiger partial charge on any atom is -0.326 e. The molecule has 2 amide bonds. The van der Waals surface area contributed by atoms with Crippen molar-refractivity contribution in [3.63, 3.8) is 0 Å². The minimum absolute atomic E-state index is 0.172. The number of rotatable bonds is 4. The highest BCUT2D eigenvalue weighted by molar-refractivity contribution is 6.03. The fourth-order valence-corrected chi connectivity index (χ4v) is 3.09. The van der Waals surface area contributed by atoms with Crippen molar-refractivity contribution in [2.45, 2.75) is 32.6 Å².